The van der Waals surface area contributed by atoms with Gasteiger partial charge in [0.1, 0.15) is 11.3 Å². The highest BCUT2D eigenvalue weighted by Gasteiger charge is 2.17. The molecule has 0 aliphatic heterocycles. The number of ether oxygens (including phenoxy) is 4. The number of nitrogens with zero attached hydrogens (tertiary/aromatic N) is 1. The Bertz CT molecular complexity index is 1300. The predicted octanol–water partition coefficient (Wildman–Crippen LogP) is 5.66. The molecule has 1 aromatic heterocycles. The van der Waals surface area contributed by atoms with Crippen LogP contribution >= 0.6 is 0 Å². The summed E-state index contributed by atoms with van der Waals surface area (Å²) in [6, 6.07) is 16.5. The summed E-state index contributed by atoms with van der Waals surface area (Å²) in [5.41, 5.74) is 3.64. The molecule has 4 aromatic rings. The highest BCUT2D eigenvalue weighted by Crippen LogP contribution is 2.41. The highest BCUT2D eigenvalue weighted by atomic mass is 16.5. The second-order valence-corrected chi connectivity index (χ2v) is 8.18. The third-order valence-electron chi connectivity index (χ3n) is 5.50. The van der Waals surface area contributed by atoms with Gasteiger partial charge in [-0.15, -0.1) is 0 Å². The number of hydrogen-bond acceptors (Lipinski definition) is 7. The molecule has 0 unspecified atom stereocenters. The monoisotopic (exact) mass is 476 g/mol. The average molecular weight is 477 g/mol. The van der Waals surface area contributed by atoms with E-state index in [1.807, 2.05) is 24.3 Å². The molecule has 35 heavy (non-hydrogen) atoms. The third kappa shape index (κ3) is 5.32. The van der Waals surface area contributed by atoms with E-state index < -0.39 is 0 Å². The predicted molar refractivity (Wildman–Crippen MR) is 134 cm³/mol. The van der Waals surface area contributed by atoms with Gasteiger partial charge in [-0.1, -0.05) is 26.0 Å². The molecule has 0 fully saturated rings. The minimum Gasteiger partial charge on any atom is -0.493 e. The molecule has 0 saturated heterocycles. The van der Waals surface area contributed by atoms with Gasteiger partial charge in [0.25, 0.3) is 5.91 Å². The first-order valence-electron chi connectivity index (χ1n) is 11.2. The second kappa shape index (κ2) is 10.4. The van der Waals surface area contributed by atoms with Crippen molar-refractivity contribution in [2.45, 2.75) is 19.8 Å². The van der Waals surface area contributed by atoms with Crippen molar-refractivity contribution in [3.8, 4) is 34.5 Å². The number of carbonyl (C=O) groups excluding carboxylic acids is 1. The number of nitrogens with one attached hydrogen (secondary N) is 1. The molecular formula is C27H28N2O6. The molecular weight excluding hydrogens is 448 g/mol. The largest absolute Gasteiger partial charge is 0.493 e. The van der Waals surface area contributed by atoms with Crippen LogP contribution in [0.15, 0.2) is 59.0 Å². The first-order chi connectivity index (χ1) is 16.9. The van der Waals surface area contributed by atoms with Crippen molar-refractivity contribution in [2.75, 3.05) is 33.3 Å². The number of aromatic nitrogens is 1. The molecule has 0 bridgehead atoms. The highest BCUT2D eigenvalue weighted by molar-refractivity contribution is 5.94. The van der Waals surface area contributed by atoms with Crippen LogP contribution in [0.5, 0.6) is 23.0 Å². The fraction of sp³-hybridized carbons (Fsp3) is 0.259. The minimum atomic E-state index is -0.273. The van der Waals surface area contributed by atoms with E-state index in [2.05, 4.69) is 24.1 Å². The summed E-state index contributed by atoms with van der Waals surface area (Å²) in [5, 5.41) is 2.83. The van der Waals surface area contributed by atoms with Crippen molar-refractivity contribution >= 4 is 22.7 Å². The second-order valence-electron chi connectivity index (χ2n) is 8.18. The number of oxazole rings is 1. The maximum Gasteiger partial charge on any atom is 0.262 e. The van der Waals surface area contributed by atoms with E-state index in [0.29, 0.717) is 57.2 Å². The number of anilines is 1. The summed E-state index contributed by atoms with van der Waals surface area (Å²) in [7, 11) is 4.64. The minimum absolute atomic E-state index is 0.103. The molecule has 0 aliphatic carbocycles. The topological polar surface area (TPSA) is 92.1 Å². The van der Waals surface area contributed by atoms with Gasteiger partial charge in [0, 0.05) is 11.3 Å². The number of benzene rings is 3. The van der Waals surface area contributed by atoms with Gasteiger partial charge in [0.2, 0.25) is 11.6 Å². The quantitative estimate of drug-likeness (QED) is 0.333. The van der Waals surface area contributed by atoms with Crippen molar-refractivity contribution in [1.29, 1.82) is 0 Å². The van der Waals surface area contributed by atoms with Gasteiger partial charge in [-0.2, -0.15) is 0 Å². The Morgan fingerprint density at radius 3 is 2.23 bits per heavy atom. The van der Waals surface area contributed by atoms with E-state index in [4.69, 9.17) is 23.4 Å². The Morgan fingerprint density at radius 1 is 0.943 bits per heavy atom. The summed E-state index contributed by atoms with van der Waals surface area (Å²) in [6.45, 7) is 4.15. The number of hydrogen-bond donors (Lipinski definition) is 1. The SMILES string of the molecule is COc1cc(-c2nc3cc(NC(=O)COc4ccc(C(C)C)cc4)ccc3o2)cc(OC)c1OC. The summed E-state index contributed by atoms with van der Waals surface area (Å²) >= 11 is 0. The van der Waals surface area contributed by atoms with Crippen LogP contribution in [0.3, 0.4) is 0 Å². The summed E-state index contributed by atoms with van der Waals surface area (Å²) < 4.78 is 27.7. The third-order valence-corrected chi connectivity index (χ3v) is 5.50. The Balaban J connectivity index is 1.47. The Kier molecular flexibility index (Phi) is 7.10. The maximum absolute atomic E-state index is 12.4. The number of methoxy groups -OCH3 is 3. The van der Waals surface area contributed by atoms with Gasteiger partial charge in [0.15, 0.2) is 23.7 Å². The number of carbonyl (C=O) groups is 1. The first-order valence-corrected chi connectivity index (χ1v) is 11.2. The summed E-state index contributed by atoms with van der Waals surface area (Å²) in [6.07, 6.45) is 0. The molecule has 0 radical (unpaired) electrons. The Hall–Kier alpha value is -4.20. The standard InChI is InChI=1S/C27H28N2O6/c1-16(2)17-6-9-20(10-7-17)34-15-25(30)28-19-8-11-22-21(14-19)29-27(35-22)18-12-23(31-3)26(33-5)24(13-18)32-4/h6-14,16H,15H2,1-5H3,(H,28,30). The zero-order chi connectivity index (χ0) is 24.9. The molecule has 1 amide bonds. The molecule has 0 saturated carbocycles. The lowest BCUT2D eigenvalue weighted by Gasteiger charge is -2.12. The van der Waals surface area contributed by atoms with Gasteiger partial charge in [-0.05, 0) is 53.9 Å². The lowest BCUT2D eigenvalue weighted by atomic mass is 10.0. The molecule has 0 spiro atoms. The van der Waals surface area contributed by atoms with Crippen LogP contribution in [0.25, 0.3) is 22.6 Å². The molecule has 1 N–H and O–H groups in total. The van der Waals surface area contributed by atoms with Crippen LogP contribution in [-0.2, 0) is 4.79 Å². The van der Waals surface area contributed by atoms with Gasteiger partial charge >= 0.3 is 0 Å². The van der Waals surface area contributed by atoms with E-state index in [0.717, 1.165) is 0 Å². The van der Waals surface area contributed by atoms with Gasteiger partial charge < -0.3 is 28.7 Å². The maximum atomic E-state index is 12.4. The molecule has 1 heterocycles. The zero-order valence-corrected chi connectivity index (χ0v) is 20.4. The van der Waals surface area contributed by atoms with Crippen LogP contribution in [-0.4, -0.2) is 38.8 Å². The first kappa shape index (κ1) is 23.9. The van der Waals surface area contributed by atoms with Crippen molar-refractivity contribution < 1.29 is 28.2 Å². The molecule has 8 heteroatoms. The van der Waals surface area contributed by atoms with Crippen LogP contribution in [0.1, 0.15) is 25.3 Å². The molecule has 4 rings (SSSR count). The van der Waals surface area contributed by atoms with Crippen LogP contribution in [0.2, 0.25) is 0 Å². The number of fused-ring (bicyclic) bond motifs is 1. The van der Waals surface area contributed by atoms with Gasteiger partial charge in [-0.25, -0.2) is 4.98 Å². The number of rotatable bonds is 9. The molecule has 3 aromatic carbocycles. The van der Waals surface area contributed by atoms with E-state index in [-0.39, 0.29) is 12.5 Å². The van der Waals surface area contributed by atoms with E-state index in [1.54, 1.807) is 51.7 Å². The van der Waals surface area contributed by atoms with Crippen molar-refractivity contribution in [2.24, 2.45) is 0 Å². The van der Waals surface area contributed by atoms with Gasteiger partial charge in [-0.3, -0.25) is 4.79 Å². The number of amides is 1. The fourth-order valence-corrected chi connectivity index (χ4v) is 3.63. The summed E-state index contributed by atoms with van der Waals surface area (Å²) in [5.74, 6) is 2.67. The van der Waals surface area contributed by atoms with Crippen molar-refractivity contribution in [3.63, 3.8) is 0 Å². The van der Waals surface area contributed by atoms with Crippen molar-refractivity contribution in [1.82, 2.24) is 4.98 Å². The Labute approximate surface area is 203 Å². The molecule has 182 valence electrons. The van der Waals surface area contributed by atoms with E-state index >= 15 is 0 Å². The fourth-order valence-electron chi connectivity index (χ4n) is 3.63. The van der Waals surface area contributed by atoms with Gasteiger partial charge in [0.05, 0.1) is 21.3 Å². The van der Waals surface area contributed by atoms with Crippen LogP contribution < -0.4 is 24.3 Å². The lowest BCUT2D eigenvalue weighted by Crippen LogP contribution is -2.20. The Morgan fingerprint density at radius 2 is 1.63 bits per heavy atom. The lowest BCUT2D eigenvalue weighted by molar-refractivity contribution is -0.118. The zero-order valence-electron chi connectivity index (χ0n) is 20.4. The molecule has 0 atom stereocenters. The van der Waals surface area contributed by atoms with E-state index in [9.17, 15) is 4.79 Å². The normalized spacial score (nSPS) is 10.9. The van der Waals surface area contributed by atoms with Crippen LogP contribution in [0.4, 0.5) is 5.69 Å². The molecule has 0 aliphatic rings. The summed E-state index contributed by atoms with van der Waals surface area (Å²) in [4.78, 5) is 17.0. The van der Waals surface area contributed by atoms with E-state index in [1.165, 1.54) is 5.56 Å². The average Bonchev–Trinajstić information content (AvgIpc) is 3.30. The smallest absolute Gasteiger partial charge is 0.262 e. The van der Waals surface area contributed by atoms with Crippen molar-refractivity contribution in [3.05, 3.63) is 60.2 Å². The molecule has 8 nitrogen and oxygen atoms in total. The van der Waals surface area contributed by atoms with Crippen LogP contribution in [0, 0.1) is 0 Å².